The van der Waals surface area contributed by atoms with E-state index < -0.39 is 4.92 Å². The Labute approximate surface area is 133 Å². The third-order valence-corrected chi connectivity index (χ3v) is 4.12. The SMILES string of the molecule is O=C(/C=C/C1CCCC1)Nc1ccc([N+](=O)[O-])c2ncccc12. The number of non-ortho nitro benzene ring substituents is 1. The molecule has 1 heterocycles. The number of anilines is 1. The Balaban J connectivity index is 1.84. The average Bonchev–Trinajstić information content (AvgIpc) is 3.06. The first kappa shape index (κ1) is 15.1. The molecule has 1 saturated carbocycles. The van der Waals surface area contributed by atoms with Crippen LogP contribution in [0.3, 0.4) is 0 Å². The first-order chi connectivity index (χ1) is 11.1. The number of allylic oxidation sites excluding steroid dienone is 1. The Morgan fingerprint density at radius 1 is 1.30 bits per heavy atom. The molecule has 1 aliphatic carbocycles. The van der Waals surface area contributed by atoms with E-state index in [9.17, 15) is 14.9 Å². The van der Waals surface area contributed by atoms with Crippen LogP contribution in [0.1, 0.15) is 25.7 Å². The quantitative estimate of drug-likeness (QED) is 0.528. The van der Waals surface area contributed by atoms with Crippen molar-refractivity contribution < 1.29 is 9.72 Å². The maximum atomic E-state index is 12.1. The van der Waals surface area contributed by atoms with Crippen LogP contribution in [-0.2, 0) is 4.79 Å². The first-order valence-electron chi connectivity index (χ1n) is 7.66. The summed E-state index contributed by atoms with van der Waals surface area (Å²) >= 11 is 0. The highest BCUT2D eigenvalue weighted by Crippen LogP contribution is 2.30. The van der Waals surface area contributed by atoms with Gasteiger partial charge in [0.1, 0.15) is 5.52 Å². The molecule has 1 fully saturated rings. The molecule has 1 aliphatic rings. The molecule has 0 radical (unpaired) electrons. The lowest BCUT2D eigenvalue weighted by Gasteiger charge is -2.07. The minimum absolute atomic E-state index is 0.0694. The van der Waals surface area contributed by atoms with Gasteiger partial charge in [-0.25, -0.2) is 4.98 Å². The van der Waals surface area contributed by atoms with Gasteiger partial charge in [0.15, 0.2) is 0 Å². The third kappa shape index (κ3) is 3.36. The van der Waals surface area contributed by atoms with Gasteiger partial charge in [0.25, 0.3) is 5.69 Å². The summed E-state index contributed by atoms with van der Waals surface area (Å²) in [5.41, 5.74) is 0.731. The molecule has 3 rings (SSSR count). The summed E-state index contributed by atoms with van der Waals surface area (Å²) < 4.78 is 0. The van der Waals surface area contributed by atoms with Crippen LogP contribution in [0.4, 0.5) is 11.4 Å². The molecule has 1 aromatic heterocycles. The summed E-state index contributed by atoms with van der Waals surface area (Å²) in [6.45, 7) is 0. The number of benzene rings is 1. The molecule has 0 unspecified atom stereocenters. The molecule has 0 saturated heterocycles. The monoisotopic (exact) mass is 311 g/mol. The van der Waals surface area contributed by atoms with Crippen LogP contribution in [0.5, 0.6) is 0 Å². The molecular weight excluding hydrogens is 294 g/mol. The fraction of sp³-hybridized carbons (Fsp3) is 0.294. The van der Waals surface area contributed by atoms with E-state index in [0.717, 1.165) is 12.8 Å². The second-order valence-electron chi connectivity index (χ2n) is 5.68. The minimum atomic E-state index is -0.471. The highest BCUT2D eigenvalue weighted by atomic mass is 16.6. The number of carbonyl (C=O) groups is 1. The van der Waals surface area contributed by atoms with Crippen molar-refractivity contribution in [3.63, 3.8) is 0 Å². The van der Waals surface area contributed by atoms with Crippen LogP contribution in [0.2, 0.25) is 0 Å². The summed E-state index contributed by atoms with van der Waals surface area (Å²) in [5, 5.41) is 14.4. The molecule has 0 atom stereocenters. The van der Waals surface area contributed by atoms with Crippen LogP contribution in [-0.4, -0.2) is 15.8 Å². The number of nitrogens with zero attached hydrogens (tertiary/aromatic N) is 2. The topological polar surface area (TPSA) is 85.1 Å². The Morgan fingerprint density at radius 2 is 2.09 bits per heavy atom. The van der Waals surface area contributed by atoms with Gasteiger partial charge in [-0.15, -0.1) is 0 Å². The van der Waals surface area contributed by atoms with Gasteiger partial charge in [0.2, 0.25) is 5.91 Å². The molecular formula is C17H17N3O3. The summed E-state index contributed by atoms with van der Waals surface area (Å²) in [4.78, 5) is 26.7. The van der Waals surface area contributed by atoms with Crippen LogP contribution >= 0.6 is 0 Å². The smallest absolute Gasteiger partial charge is 0.295 e. The minimum Gasteiger partial charge on any atom is -0.322 e. The van der Waals surface area contributed by atoms with Gasteiger partial charge in [-0.3, -0.25) is 14.9 Å². The molecule has 0 spiro atoms. The zero-order valence-electron chi connectivity index (χ0n) is 12.6. The second kappa shape index (κ2) is 6.56. The molecule has 6 nitrogen and oxygen atoms in total. The highest BCUT2D eigenvalue weighted by Gasteiger charge is 2.16. The molecule has 118 valence electrons. The lowest BCUT2D eigenvalue weighted by molar-refractivity contribution is -0.383. The van der Waals surface area contributed by atoms with E-state index in [-0.39, 0.29) is 17.1 Å². The standard InChI is InChI=1S/C17H17N3O3/c21-16(10-7-12-4-1-2-5-12)19-14-8-9-15(20(22)23)17-13(14)6-3-11-18-17/h3,6-12H,1-2,4-5H2,(H,19,21)/b10-7+. The number of nitro groups is 1. The first-order valence-corrected chi connectivity index (χ1v) is 7.66. The summed E-state index contributed by atoms with van der Waals surface area (Å²) in [6, 6.07) is 6.32. The maximum Gasteiger partial charge on any atom is 0.295 e. The Bertz CT molecular complexity index is 780. The van der Waals surface area contributed by atoms with E-state index >= 15 is 0 Å². The van der Waals surface area contributed by atoms with E-state index in [1.807, 2.05) is 6.08 Å². The van der Waals surface area contributed by atoms with E-state index in [4.69, 9.17) is 0 Å². The number of hydrogen-bond acceptors (Lipinski definition) is 4. The average molecular weight is 311 g/mol. The van der Waals surface area contributed by atoms with Crippen molar-refractivity contribution in [3.8, 4) is 0 Å². The summed E-state index contributed by atoms with van der Waals surface area (Å²) in [7, 11) is 0. The predicted octanol–water partition coefficient (Wildman–Crippen LogP) is 3.83. The van der Waals surface area contributed by atoms with Crippen LogP contribution in [0, 0.1) is 16.0 Å². The number of carbonyl (C=O) groups excluding carboxylic acids is 1. The second-order valence-corrected chi connectivity index (χ2v) is 5.68. The summed E-state index contributed by atoms with van der Waals surface area (Å²) in [5.74, 6) is 0.256. The van der Waals surface area contributed by atoms with Crippen molar-refractivity contribution in [3.05, 3.63) is 52.7 Å². The molecule has 0 aliphatic heterocycles. The zero-order valence-corrected chi connectivity index (χ0v) is 12.6. The number of hydrogen-bond donors (Lipinski definition) is 1. The Kier molecular flexibility index (Phi) is 4.32. The molecule has 6 heteroatoms. The third-order valence-electron chi connectivity index (χ3n) is 4.12. The number of fused-ring (bicyclic) bond motifs is 1. The maximum absolute atomic E-state index is 12.1. The number of nitro benzene ring substituents is 1. The number of aromatic nitrogens is 1. The van der Waals surface area contributed by atoms with Crippen LogP contribution in [0.15, 0.2) is 42.6 Å². The molecule has 23 heavy (non-hydrogen) atoms. The van der Waals surface area contributed by atoms with Crippen molar-refractivity contribution in [2.45, 2.75) is 25.7 Å². The van der Waals surface area contributed by atoms with Crippen LogP contribution in [0.25, 0.3) is 10.9 Å². The fourth-order valence-corrected chi connectivity index (χ4v) is 2.96. The van der Waals surface area contributed by atoms with Gasteiger partial charge in [-0.2, -0.15) is 0 Å². The van der Waals surface area contributed by atoms with Gasteiger partial charge in [-0.05, 0) is 43.0 Å². The van der Waals surface area contributed by atoms with Gasteiger partial charge >= 0.3 is 0 Å². The molecule has 0 bridgehead atoms. The zero-order chi connectivity index (χ0) is 16.2. The molecule has 1 N–H and O–H groups in total. The van der Waals surface area contributed by atoms with Gasteiger partial charge < -0.3 is 5.32 Å². The van der Waals surface area contributed by atoms with E-state index in [2.05, 4.69) is 10.3 Å². The van der Waals surface area contributed by atoms with E-state index in [0.29, 0.717) is 17.0 Å². The van der Waals surface area contributed by atoms with Crippen LogP contribution < -0.4 is 5.32 Å². The molecule has 1 aromatic carbocycles. The van der Waals surface area contributed by atoms with Crippen molar-refractivity contribution in [2.75, 3.05) is 5.32 Å². The summed E-state index contributed by atoms with van der Waals surface area (Å²) in [6.07, 6.45) is 9.71. The largest absolute Gasteiger partial charge is 0.322 e. The normalized spacial score (nSPS) is 15.3. The van der Waals surface area contributed by atoms with Crippen molar-refractivity contribution >= 4 is 28.2 Å². The van der Waals surface area contributed by atoms with Crippen molar-refractivity contribution in [1.29, 1.82) is 0 Å². The van der Waals surface area contributed by atoms with Crippen molar-refractivity contribution in [1.82, 2.24) is 4.98 Å². The lowest BCUT2D eigenvalue weighted by Crippen LogP contribution is -2.09. The number of rotatable bonds is 4. The Hall–Kier alpha value is -2.76. The Morgan fingerprint density at radius 3 is 2.83 bits per heavy atom. The van der Waals surface area contributed by atoms with Gasteiger partial charge in [0.05, 0.1) is 10.6 Å². The highest BCUT2D eigenvalue weighted by molar-refractivity contribution is 6.07. The number of pyridine rings is 1. The van der Waals surface area contributed by atoms with Gasteiger partial charge in [-0.1, -0.05) is 18.9 Å². The fourth-order valence-electron chi connectivity index (χ4n) is 2.96. The van der Waals surface area contributed by atoms with Gasteiger partial charge in [0, 0.05) is 17.6 Å². The molecule has 2 aromatic rings. The van der Waals surface area contributed by atoms with E-state index in [1.165, 1.54) is 25.1 Å². The predicted molar refractivity (Wildman–Crippen MR) is 88.1 cm³/mol. The van der Waals surface area contributed by atoms with Crippen molar-refractivity contribution in [2.24, 2.45) is 5.92 Å². The number of nitrogens with one attached hydrogen (secondary N) is 1. The lowest BCUT2D eigenvalue weighted by atomic mass is 10.1. The molecule has 1 amide bonds. The number of amides is 1. The van der Waals surface area contributed by atoms with E-state index in [1.54, 1.807) is 24.3 Å².